The number of aromatic nitrogens is 3. The Morgan fingerprint density at radius 1 is 1.32 bits per heavy atom. The molecule has 0 fully saturated rings. The second-order valence-electron chi connectivity index (χ2n) is 5.90. The zero-order valence-corrected chi connectivity index (χ0v) is 15.1. The zero-order valence-electron chi connectivity index (χ0n) is 13.6. The second kappa shape index (κ2) is 6.37. The Labute approximate surface area is 154 Å². The van der Waals surface area contributed by atoms with Crippen LogP contribution in [-0.2, 0) is 11.3 Å². The molecular weight excluding hydrogens is 363 g/mol. The number of methoxy groups -OCH3 is 1. The van der Waals surface area contributed by atoms with E-state index in [1.807, 2.05) is 10.6 Å². The average molecular weight is 379 g/mol. The average Bonchev–Trinajstić information content (AvgIpc) is 3.23. The van der Waals surface area contributed by atoms with Crippen LogP contribution in [0, 0.1) is 0 Å². The molecule has 0 bridgehead atoms. The van der Waals surface area contributed by atoms with E-state index in [9.17, 15) is 4.79 Å². The fourth-order valence-electron chi connectivity index (χ4n) is 3.39. The summed E-state index contributed by atoms with van der Waals surface area (Å²) in [6, 6.07) is 3.67. The molecule has 1 aliphatic rings. The van der Waals surface area contributed by atoms with Crippen LogP contribution in [-0.4, -0.2) is 52.4 Å². The summed E-state index contributed by atoms with van der Waals surface area (Å²) < 4.78 is 7.09. The van der Waals surface area contributed by atoms with Crippen molar-refractivity contribution in [3.63, 3.8) is 0 Å². The van der Waals surface area contributed by atoms with Gasteiger partial charge in [0.2, 0.25) is 0 Å². The van der Waals surface area contributed by atoms with Gasteiger partial charge in [0.05, 0.1) is 28.4 Å². The molecule has 1 aromatic carbocycles. The quantitative estimate of drug-likeness (QED) is 0.756. The molecule has 8 heteroatoms. The minimum absolute atomic E-state index is 0.0390. The summed E-state index contributed by atoms with van der Waals surface area (Å²) >= 11 is 12.7. The molecule has 0 radical (unpaired) electrons. The highest BCUT2D eigenvalue weighted by atomic mass is 35.5. The third kappa shape index (κ3) is 2.52. The number of halogens is 2. The molecule has 3 aromatic rings. The Bertz CT molecular complexity index is 950. The van der Waals surface area contributed by atoms with E-state index < -0.39 is 0 Å². The lowest BCUT2D eigenvalue weighted by Crippen LogP contribution is -2.42. The first kappa shape index (κ1) is 16.4. The molecule has 0 saturated heterocycles. The number of hydrogen-bond donors (Lipinski definition) is 1. The van der Waals surface area contributed by atoms with Gasteiger partial charge in [-0.05, 0) is 6.07 Å². The first-order valence-electron chi connectivity index (χ1n) is 7.91. The number of aromatic amines is 1. The molecule has 2 aromatic heterocycles. The van der Waals surface area contributed by atoms with Crippen molar-refractivity contribution in [3.8, 4) is 11.1 Å². The van der Waals surface area contributed by atoms with Crippen LogP contribution in [0.15, 0.2) is 24.5 Å². The van der Waals surface area contributed by atoms with Gasteiger partial charge in [-0.2, -0.15) is 5.10 Å². The second-order valence-corrected chi connectivity index (χ2v) is 6.69. The van der Waals surface area contributed by atoms with Crippen molar-refractivity contribution in [2.75, 3.05) is 26.8 Å². The van der Waals surface area contributed by atoms with Crippen LogP contribution in [0.25, 0.3) is 22.0 Å². The van der Waals surface area contributed by atoms with Gasteiger partial charge < -0.3 is 14.2 Å². The van der Waals surface area contributed by atoms with Crippen LogP contribution in [0.2, 0.25) is 10.0 Å². The van der Waals surface area contributed by atoms with Crippen molar-refractivity contribution < 1.29 is 9.53 Å². The summed E-state index contributed by atoms with van der Waals surface area (Å²) in [6.07, 6.45) is 3.49. The zero-order chi connectivity index (χ0) is 17.6. The molecule has 4 rings (SSSR count). The summed E-state index contributed by atoms with van der Waals surface area (Å²) in [4.78, 5) is 14.9. The van der Waals surface area contributed by atoms with E-state index in [4.69, 9.17) is 27.9 Å². The fourth-order valence-corrected chi connectivity index (χ4v) is 3.81. The van der Waals surface area contributed by atoms with E-state index in [2.05, 4.69) is 10.2 Å². The largest absolute Gasteiger partial charge is 0.383 e. The molecule has 1 N–H and O–H groups in total. The number of rotatable bonds is 4. The lowest BCUT2D eigenvalue weighted by Gasteiger charge is -2.29. The molecule has 1 amide bonds. The topological polar surface area (TPSA) is 63.1 Å². The molecular formula is C17H16Cl2N4O2. The normalized spacial score (nSPS) is 14.4. The van der Waals surface area contributed by atoms with E-state index in [0.29, 0.717) is 42.0 Å². The standard InChI is InChI=1S/C17H16Cl2N4O2/c1-25-7-6-22-4-5-23-15-11(2-3-12(18)14(15)19)13(16(23)17(22)24)10-8-20-21-9-10/h2-3,8-9H,4-7H2,1H3,(H,20,21). The lowest BCUT2D eigenvalue weighted by atomic mass is 10.0. The maximum atomic E-state index is 13.1. The van der Waals surface area contributed by atoms with Gasteiger partial charge in [0.1, 0.15) is 5.69 Å². The number of benzene rings is 1. The number of carbonyl (C=O) groups excluding carboxylic acids is 1. The molecule has 25 heavy (non-hydrogen) atoms. The number of nitrogens with zero attached hydrogens (tertiary/aromatic N) is 3. The van der Waals surface area contributed by atoms with Gasteiger partial charge >= 0.3 is 0 Å². The van der Waals surface area contributed by atoms with Crippen molar-refractivity contribution in [2.45, 2.75) is 6.54 Å². The SMILES string of the molecule is COCCN1CCn2c(c(-c3cn[nH]c3)c3ccc(Cl)c(Cl)c32)C1=O. The summed E-state index contributed by atoms with van der Waals surface area (Å²) in [5.41, 5.74) is 3.08. The predicted octanol–water partition coefficient (Wildman–Crippen LogP) is 3.44. The molecule has 1 aliphatic heterocycles. The number of ether oxygens (including phenoxy) is 1. The minimum atomic E-state index is -0.0390. The minimum Gasteiger partial charge on any atom is -0.383 e. The molecule has 0 spiro atoms. The van der Waals surface area contributed by atoms with E-state index in [1.165, 1.54) is 0 Å². The highest BCUT2D eigenvalue weighted by Gasteiger charge is 2.32. The van der Waals surface area contributed by atoms with Gasteiger partial charge in [0.15, 0.2) is 0 Å². The fraction of sp³-hybridized carbons (Fsp3) is 0.294. The molecule has 0 atom stereocenters. The Morgan fingerprint density at radius 3 is 2.88 bits per heavy atom. The maximum absolute atomic E-state index is 13.1. The van der Waals surface area contributed by atoms with Gasteiger partial charge in [-0.15, -0.1) is 0 Å². The molecule has 3 heterocycles. The van der Waals surface area contributed by atoms with Crippen molar-refractivity contribution in [1.82, 2.24) is 19.7 Å². The molecule has 0 unspecified atom stereocenters. The van der Waals surface area contributed by atoms with Gasteiger partial charge in [-0.1, -0.05) is 29.3 Å². The van der Waals surface area contributed by atoms with E-state index >= 15 is 0 Å². The van der Waals surface area contributed by atoms with E-state index in [1.54, 1.807) is 30.5 Å². The number of hydrogen-bond acceptors (Lipinski definition) is 3. The highest BCUT2D eigenvalue weighted by Crippen LogP contribution is 2.41. The van der Waals surface area contributed by atoms with Crippen LogP contribution in [0.3, 0.4) is 0 Å². The third-order valence-electron chi connectivity index (χ3n) is 4.55. The van der Waals surface area contributed by atoms with Gasteiger partial charge in [-0.25, -0.2) is 0 Å². The summed E-state index contributed by atoms with van der Waals surface area (Å²) in [7, 11) is 1.63. The Balaban J connectivity index is 1.98. The number of nitrogens with one attached hydrogen (secondary N) is 1. The Hall–Kier alpha value is -2.02. The number of carbonyl (C=O) groups is 1. The van der Waals surface area contributed by atoms with Gasteiger partial charge in [0.25, 0.3) is 5.91 Å². The van der Waals surface area contributed by atoms with Crippen molar-refractivity contribution in [3.05, 3.63) is 40.3 Å². The van der Waals surface area contributed by atoms with Crippen molar-refractivity contribution >= 4 is 40.0 Å². The summed E-state index contributed by atoms with van der Waals surface area (Å²) in [5, 5.41) is 8.68. The predicted molar refractivity (Wildman–Crippen MR) is 97.3 cm³/mol. The third-order valence-corrected chi connectivity index (χ3v) is 5.34. The Morgan fingerprint density at radius 2 is 2.16 bits per heavy atom. The molecule has 6 nitrogen and oxygen atoms in total. The number of amides is 1. The van der Waals surface area contributed by atoms with Crippen LogP contribution >= 0.6 is 23.2 Å². The lowest BCUT2D eigenvalue weighted by molar-refractivity contribution is 0.0644. The number of H-pyrrole nitrogens is 1. The number of fused-ring (bicyclic) bond motifs is 3. The summed E-state index contributed by atoms with van der Waals surface area (Å²) in [6.45, 7) is 2.31. The van der Waals surface area contributed by atoms with Gasteiger partial charge in [-0.3, -0.25) is 9.89 Å². The first-order valence-corrected chi connectivity index (χ1v) is 8.66. The highest BCUT2D eigenvalue weighted by molar-refractivity contribution is 6.45. The maximum Gasteiger partial charge on any atom is 0.271 e. The molecule has 0 aliphatic carbocycles. The van der Waals surface area contributed by atoms with E-state index in [-0.39, 0.29) is 5.91 Å². The first-order chi connectivity index (χ1) is 12.1. The van der Waals surface area contributed by atoms with Gasteiger partial charge in [0, 0.05) is 49.5 Å². The Kier molecular flexibility index (Phi) is 4.19. The van der Waals surface area contributed by atoms with Crippen LogP contribution in [0.5, 0.6) is 0 Å². The smallest absolute Gasteiger partial charge is 0.271 e. The summed E-state index contributed by atoms with van der Waals surface area (Å²) in [5.74, 6) is -0.0390. The van der Waals surface area contributed by atoms with Crippen LogP contribution in [0.1, 0.15) is 10.5 Å². The van der Waals surface area contributed by atoms with Crippen LogP contribution < -0.4 is 0 Å². The van der Waals surface area contributed by atoms with Crippen molar-refractivity contribution in [1.29, 1.82) is 0 Å². The van der Waals surface area contributed by atoms with E-state index in [0.717, 1.165) is 22.0 Å². The monoisotopic (exact) mass is 378 g/mol. The van der Waals surface area contributed by atoms with Crippen molar-refractivity contribution in [2.24, 2.45) is 0 Å². The molecule has 0 saturated carbocycles. The molecule has 130 valence electrons. The van der Waals surface area contributed by atoms with Crippen LogP contribution in [0.4, 0.5) is 0 Å².